The van der Waals surface area contributed by atoms with E-state index in [2.05, 4.69) is 26.1 Å². The van der Waals surface area contributed by atoms with Crippen molar-refractivity contribution in [1.82, 2.24) is 5.32 Å². The smallest absolute Gasteiger partial charge is 0.320 e. The first-order valence-electron chi connectivity index (χ1n) is 5.55. The maximum absolute atomic E-state index is 11.0. The third kappa shape index (κ3) is 2.98. The number of carboxylic acids is 1. The molecule has 0 saturated heterocycles. The molecule has 1 aliphatic rings. The van der Waals surface area contributed by atoms with Crippen LogP contribution in [0.1, 0.15) is 40.0 Å². The molecule has 0 amide bonds. The van der Waals surface area contributed by atoms with E-state index >= 15 is 0 Å². The van der Waals surface area contributed by atoms with Gasteiger partial charge in [0.2, 0.25) is 0 Å². The van der Waals surface area contributed by atoms with E-state index in [-0.39, 0.29) is 6.04 Å². The van der Waals surface area contributed by atoms with Crippen LogP contribution in [-0.4, -0.2) is 23.2 Å². The Bertz CT molecular complexity index is 201. The van der Waals surface area contributed by atoms with Gasteiger partial charge in [-0.2, -0.15) is 0 Å². The van der Waals surface area contributed by atoms with E-state index in [1.165, 1.54) is 0 Å². The summed E-state index contributed by atoms with van der Waals surface area (Å²) < 4.78 is 0. The molecule has 1 rings (SSSR count). The molecule has 3 heteroatoms. The zero-order valence-electron chi connectivity index (χ0n) is 9.29. The Morgan fingerprint density at radius 2 is 2.07 bits per heavy atom. The molecule has 0 spiro atoms. The van der Waals surface area contributed by atoms with Gasteiger partial charge in [-0.1, -0.05) is 20.3 Å². The highest BCUT2D eigenvalue weighted by atomic mass is 16.4. The van der Waals surface area contributed by atoms with E-state index in [1.54, 1.807) is 0 Å². The summed E-state index contributed by atoms with van der Waals surface area (Å²) in [7, 11) is 0. The molecular weight excluding hydrogens is 178 g/mol. The van der Waals surface area contributed by atoms with Crippen LogP contribution in [0.3, 0.4) is 0 Å². The third-order valence-electron chi connectivity index (χ3n) is 3.30. The fraction of sp³-hybridized carbons (Fsp3) is 0.909. The minimum absolute atomic E-state index is 0.293. The zero-order valence-corrected chi connectivity index (χ0v) is 9.29. The van der Waals surface area contributed by atoms with Crippen LogP contribution < -0.4 is 5.32 Å². The van der Waals surface area contributed by atoms with Crippen LogP contribution in [-0.2, 0) is 4.79 Å². The summed E-state index contributed by atoms with van der Waals surface area (Å²) >= 11 is 0. The maximum Gasteiger partial charge on any atom is 0.320 e. The predicted octanol–water partition coefficient (Wildman–Crippen LogP) is 1.87. The largest absolute Gasteiger partial charge is 0.480 e. The molecule has 0 heterocycles. The maximum atomic E-state index is 11.0. The Kier molecular flexibility index (Phi) is 3.93. The first-order valence-corrected chi connectivity index (χ1v) is 5.55. The van der Waals surface area contributed by atoms with Crippen molar-refractivity contribution in [3.05, 3.63) is 0 Å². The average Bonchev–Trinajstić information content (AvgIpc) is 2.95. The second-order valence-electron chi connectivity index (χ2n) is 4.49. The lowest BCUT2D eigenvalue weighted by molar-refractivity contribution is -0.140. The van der Waals surface area contributed by atoms with Crippen LogP contribution >= 0.6 is 0 Å². The van der Waals surface area contributed by atoms with Crippen molar-refractivity contribution in [3.63, 3.8) is 0 Å². The minimum Gasteiger partial charge on any atom is -0.480 e. The lowest BCUT2D eigenvalue weighted by Gasteiger charge is -2.24. The van der Waals surface area contributed by atoms with Gasteiger partial charge in [-0.3, -0.25) is 4.79 Å². The van der Waals surface area contributed by atoms with E-state index in [4.69, 9.17) is 5.11 Å². The Hall–Kier alpha value is -0.570. The second kappa shape index (κ2) is 4.78. The molecule has 0 bridgehead atoms. The van der Waals surface area contributed by atoms with Crippen LogP contribution in [0.2, 0.25) is 0 Å². The standard InChI is InChI=1S/C11H21NO2/c1-4-7(2)8(3)12-10(11(13)14)9-5-6-9/h7-10,12H,4-6H2,1-3H3,(H,13,14). The first kappa shape index (κ1) is 11.5. The van der Waals surface area contributed by atoms with Gasteiger partial charge in [0.1, 0.15) is 6.04 Å². The summed E-state index contributed by atoms with van der Waals surface area (Å²) in [6.45, 7) is 6.37. The molecule has 0 aromatic carbocycles. The molecule has 0 aliphatic heterocycles. The van der Waals surface area contributed by atoms with E-state index in [9.17, 15) is 4.79 Å². The molecule has 3 unspecified atom stereocenters. The Balaban J connectivity index is 2.42. The van der Waals surface area contributed by atoms with Gasteiger partial charge < -0.3 is 10.4 Å². The second-order valence-corrected chi connectivity index (χ2v) is 4.49. The molecule has 1 fully saturated rings. The third-order valence-corrected chi connectivity index (χ3v) is 3.30. The first-order chi connectivity index (χ1) is 6.56. The Morgan fingerprint density at radius 3 is 2.43 bits per heavy atom. The molecule has 0 aromatic rings. The molecule has 14 heavy (non-hydrogen) atoms. The van der Waals surface area contributed by atoms with Crippen molar-refractivity contribution in [2.75, 3.05) is 0 Å². The fourth-order valence-electron chi connectivity index (χ4n) is 1.64. The van der Waals surface area contributed by atoms with Crippen molar-refractivity contribution in [3.8, 4) is 0 Å². The van der Waals surface area contributed by atoms with Crippen LogP contribution in [0, 0.1) is 11.8 Å². The van der Waals surface area contributed by atoms with Gasteiger partial charge in [0, 0.05) is 6.04 Å². The van der Waals surface area contributed by atoms with Crippen molar-refractivity contribution < 1.29 is 9.90 Å². The normalized spacial score (nSPS) is 22.8. The van der Waals surface area contributed by atoms with Gasteiger partial charge in [-0.05, 0) is 31.6 Å². The molecule has 1 saturated carbocycles. The summed E-state index contributed by atoms with van der Waals surface area (Å²) in [6, 6.07) is -0.0271. The van der Waals surface area contributed by atoms with Crippen molar-refractivity contribution in [2.24, 2.45) is 11.8 Å². The topological polar surface area (TPSA) is 49.3 Å². The molecule has 0 aromatic heterocycles. The highest BCUT2D eigenvalue weighted by molar-refractivity contribution is 5.74. The lowest BCUT2D eigenvalue weighted by atomic mass is 9.99. The monoisotopic (exact) mass is 199 g/mol. The van der Waals surface area contributed by atoms with Gasteiger partial charge >= 0.3 is 5.97 Å². The molecule has 2 N–H and O–H groups in total. The number of hydrogen-bond donors (Lipinski definition) is 2. The van der Waals surface area contributed by atoms with E-state index < -0.39 is 5.97 Å². The van der Waals surface area contributed by atoms with Crippen LogP contribution in [0.4, 0.5) is 0 Å². The number of nitrogens with one attached hydrogen (secondary N) is 1. The van der Waals surface area contributed by atoms with Crippen LogP contribution in [0.25, 0.3) is 0 Å². The Labute approximate surface area is 85.9 Å². The highest BCUT2D eigenvalue weighted by Crippen LogP contribution is 2.33. The number of aliphatic carboxylic acids is 1. The summed E-state index contributed by atoms with van der Waals surface area (Å²) in [5, 5.41) is 12.3. The van der Waals surface area contributed by atoms with E-state index in [0.717, 1.165) is 19.3 Å². The number of hydrogen-bond acceptors (Lipinski definition) is 2. The Morgan fingerprint density at radius 1 is 1.50 bits per heavy atom. The van der Waals surface area contributed by atoms with E-state index in [0.29, 0.717) is 17.9 Å². The van der Waals surface area contributed by atoms with Gasteiger partial charge in [-0.25, -0.2) is 0 Å². The molecule has 3 nitrogen and oxygen atoms in total. The van der Waals surface area contributed by atoms with Crippen LogP contribution in [0.5, 0.6) is 0 Å². The number of carbonyl (C=O) groups is 1. The highest BCUT2D eigenvalue weighted by Gasteiger charge is 2.37. The minimum atomic E-state index is -0.692. The van der Waals surface area contributed by atoms with E-state index in [1.807, 2.05) is 0 Å². The van der Waals surface area contributed by atoms with Crippen LogP contribution in [0.15, 0.2) is 0 Å². The lowest BCUT2D eigenvalue weighted by Crippen LogP contribution is -2.45. The molecular formula is C11H21NO2. The molecule has 1 aliphatic carbocycles. The fourth-order valence-corrected chi connectivity index (χ4v) is 1.64. The zero-order chi connectivity index (χ0) is 10.7. The van der Waals surface area contributed by atoms with Crippen molar-refractivity contribution in [1.29, 1.82) is 0 Å². The average molecular weight is 199 g/mol. The van der Waals surface area contributed by atoms with Crippen molar-refractivity contribution in [2.45, 2.75) is 52.1 Å². The number of rotatable bonds is 6. The predicted molar refractivity (Wildman–Crippen MR) is 56.2 cm³/mol. The van der Waals surface area contributed by atoms with Gasteiger partial charge in [0.05, 0.1) is 0 Å². The quantitative estimate of drug-likeness (QED) is 0.686. The van der Waals surface area contributed by atoms with Crippen molar-refractivity contribution >= 4 is 5.97 Å². The summed E-state index contributed by atoms with van der Waals surface area (Å²) in [6.07, 6.45) is 3.22. The number of carboxylic acid groups (broad SMARTS) is 1. The van der Waals surface area contributed by atoms with Gasteiger partial charge in [-0.15, -0.1) is 0 Å². The van der Waals surface area contributed by atoms with Gasteiger partial charge in [0.25, 0.3) is 0 Å². The molecule has 3 atom stereocenters. The molecule has 0 radical (unpaired) electrons. The van der Waals surface area contributed by atoms with Gasteiger partial charge in [0.15, 0.2) is 0 Å². The summed E-state index contributed by atoms with van der Waals surface area (Å²) in [4.78, 5) is 11.0. The molecule has 82 valence electrons. The SMILES string of the molecule is CCC(C)C(C)NC(C(=O)O)C1CC1. The summed E-state index contributed by atoms with van der Waals surface area (Å²) in [5.41, 5.74) is 0. The summed E-state index contributed by atoms with van der Waals surface area (Å²) in [5.74, 6) is 0.220.